The molecular formula is C11H24N2O. The van der Waals surface area contributed by atoms with E-state index >= 15 is 0 Å². The number of aliphatic hydroxyl groups is 1. The molecule has 84 valence electrons. The third-order valence-electron chi connectivity index (χ3n) is 3.31. The van der Waals surface area contributed by atoms with Crippen molar-refractivity contribution in [2.75, 3.05) is 26.2 Å². The minimum absolute atomic E-state index is 0.173. The van der Waals surface area contributed by atoms with Crippen LogP contribution in [0.1, 0.15) is 38.5 Å². The van der Waals surface area contributed by atoms with Gasteiger partial charge in [-0.2, -0.15) is 0 Å². The van der Waals surface area contributed by atoms with Crippen LogP contribution in [-0.4, -0.2) is 31.3 Å². The number of nitrogens with two attached hydrogens (primary N) is 1. The Labute approximate surface area is 87.1 Å². The van der Waals surface area contributed by atoms with Gasteiger partial charge in [0.25, 0.3) is 0 Å². The molecule has 3 heteroatoms. The van der Waals surface area contributed by atoms with Gasteiger partial charge in [-0.3, -0.25) is 0 Å². The first-order chi connectivity index (χ1) is 6.83. The zero-order valence-electron chi connectivity index (χ0n) is 9.10. The highest BCUT2D eigenvalue weighted by molar-refractivity contribution is 4.84. The topological polar surface area (TPSA) is 58.3 Å². The van der Waals surface area contributed by atoms with E-state index in [-0.39, 0.29) is 5.41 Å². The second-order valence-corrected chi connectivity index (χ2v) is 4.54. The molecule has 14 heavy (non-hydrogen) atoms. The predicted octanol–water partition coefficient (Wildman–Crippen LogP) is 0.868. The van der Waals surface area contributed by atoms with Gasteiger partial charge in [-0.25, -0.2) is 0 Å². The lowest BCUT2D eigenvalue weighted by Gasteiger charge is -2.35. The maximum Gasteiger partial charge on any atom is 0.0499 e. The van der Waals surface area contributed by atoms with Gasteiger partial charge in [-0.1, -0.05) is 19.3 Å². The summed E-state index contributed by atoms with van der Waals surface area (Å²) in [5.74, 6) is 0. The molecule has 3 nitrogen and oxygen atoms in total. The van der Waals surface area contributed by atoms with Crippen LogP contribution in [0.4, 0.5) is 0 Å². The van der Waals surface area contributed by atoms with Crippen molar-refractivity contribution in [2.45, 2.75) is 38.5 Å². The van der Waals surface area contributed by atoms with E-state index in [1.165, 1.54) is 32.1 Å². The smallest absolute Gasteiger partial charge is 0.0499 e. The van der Waals surface area contributed by atoms with Crippen molar-refractivity contribution in [3.8, 4) is 0 Å². The minimum Gasteiger partial charge on any atom is -0.396 e. The maximum atomic E-state index is 9.43. The molecule has 0 aromatic carbocycles. The van der Waals surface area contributed by atoms with Gasteiger partial charge in [0.2, 0.25) is 0 Å². The number of hydrogen-bond acceptors (Lipinski definition) is 3. The number of rotatable bonds is 6. The highest BCUT2D eigenvalue weighted by Gasteiger charge is 2.30. The van der Waals surface area contributed by atoms with E-state index in [0.29, 0.717) is 6.61 Å². The van der Waals surface area contributed by atoms with Crippen molar-refractivity contribution in [3.05, 3.63) is 0 Å². The first kappa shape index (κ1) is 12.0. The molecule has 0 bridgehead atoms. The Hall–Kier alpha value is -0.120. The molecule has 0 aromatic rings. The van der Waals surface area contributed by atoms with E-state index in [4.69, 9.17) is 5.73 Å². The molecule has 1 saturated carbocycles. The van der Waals surface area contributed by atoms with Crippen molar-refractivity contribution in [2.24, 2.45) is 11.1 Å². The standard InChI is InChI=1S/C11H24N2O/c12-7-4-8-13-9-11(10-14)5-2-1-3-6-11/h13-14H,1-10,12H2. The third kappa shape index (κ3) is 3.56. The second kappa shape index (κ2) is 6.38. The fourth-order valence-electron chi connectivity index (χ4n) is 2.27. The molecule has 1 aliphatic carbocycles. The average Bonchev–Trinajstić information content (AvgIpc) is 2.26. The van der Waals surface area contributed by atoms with Crippen LogP contribution in [0.15, 0.2) is 0 Å². The Morgan fingerprint density at radius 2 is 1.93 bits per heavy atom. The van der Waals surface area contributed by atoms with E-state index < -0.39 is 0 Å². The summed E-state index contributed by atoms with van der Waals surface area (Å²) < 4.78 is 0. The van der Waals surface area contributed by atoms with Gasteiger partial charge in [0.15, 0.2) is 0 Å². The van der Waals surface area contributed by atoms with Crippen LogP contribution in [-0.2, 0) is 0 Å². The summed E-state index contributed by atoms with van der Waals surface area (Å²) in [5.41, 5.74) is 5.60. The molecule has 1 rings (SSSR count). The first-order valence-electron chi connectivity index (χ1n) is 5.85. The monoisotopic (exact) mass is 200 g/mol. The van der Waals surface area contributed by atoms with Crippen LogP contribution in [0.2, 0.25) is 0 Å². The first-order valence-corrected chi connectivity index (χ1v) is 5.85. The van der Waals surface area contributed by atoms with E-state index in [2.05, 4.69) is 5.32 Å². The van der Waals surface area contributed by atoms with Gasteiger partial charge in [0.05, 0.1) is 0 Å². The van der Waals surface area contributed by atoms with Crippen LogP contribution in [0, 0.1) is 5.41 Å². The molecule has 0 amide bonds. The zero-order valence-corrected chi connectivity index (χ0v) is 9.10. The highest BCUT2D eigenvalue weighted by atomic mass is 16.3. The summed E-state index contributed by atoms with van der Waals surface area (Å²) in [4.78, 5) is 0. The fourth-order valence-corrected chi connectivity index (χ4v) is 2.27. The zero-order chi connectivity index (χ0) is 10.3. The van der Waals surface area contributed by atoms with Gasteiger partial charge in [0, 0.05) is 18.6 Å². The van der Waals surface area contributed by atoms with Gasteiger partial charge in [0.1, 0.15) is 0 Å². The Kier molecular flexibility index (Phi) is 5.45. The highest BCUT2D eigenvalue weighted by Crippen LogP contribution is 2.35. The molecule has 0 saturated heterocycles. The summed E-state index contributed by atoms with van der Waals surface area (Å²) in [7, 11) is 0. The minimum atomic E-state index is 0.173. The second-order valence-electron chi connectivity index (χ2n) is 4.54. The molecule has 4 N–H and O–H groups in total. The fraction of sp³-hybridized carbons (Fsp3) is 1.00. The summed E-state index contributed by atoms with van der Waals surface area (Å²) in [6, 6.07) is 0. The van der Waals surface area contributed by atoms with E-state index in [0.717, 1.165) is 26.1 Å². The molecule has 0 aliphatic heterocycles. The van der Waals surface area contributed by atoms with Gasteiger partial charge in [-0.15, -0.1) is 0 Å². The van der Waals surface area contributed by atoms with Crippen LogP contribution in [0.25, 0.3) is 0 Å². The summed E-state index contributed by atoms with van der Waals surface area (Å²) in [5, 5.41) is 12.8. The quantitative estimate of drug-likeness (QED) is 0.558. The van der Waals surface area contributed by atoms with Crippen LogP contribution < -0.4 is 11.1 Å². The maximum absolute atomic E-state index is 9.43. The molecule has 0 radical (unpaired) electrons. The lowest BCUT2D eigenvalue weighted by Crippen LogP contribution is -2.39. The van der Waals surface area contributed by atoms with Crippen LogP contribution in [0.3, 0.4) is 0 Å². The lowest BCUT2D eigenvalue weighted by molar-refractivity contribution is 0.0815. The predicted molar refractivity (Wildman–Crippen MR) is 59.1 cm³/mol. The Balaban J connectivity index is 2.22. The van der Waals surface area contributed by atoms with Crippen LogP contribution in [0.5, 0.6) is 0 Å². The largest absolute Gasteiger partial charge is 0.396 e. The normalized spacial score (nSPS) is 21.0. The Morgan fingerprint density at radius 3 is 2.50 bits per heavy atom. The Morgan fingerprint density at radius 1 is 1.21 bits per heavy atom. The summed E-state index contributed by atoms with van der Waals surface area (Å²) in [6.45, 7) is 3.03. The molecule has 1 fully saturated rings. The molecule has 0 spiro atoms. The van der Waals surface area contributed by atoms with Crippen molar-refractivity contribution in [1.82, 2.24) is 5.32 Å². The van der Waals surface area contributed by atoms with Gasteiger partial charge < -0.3 is 16.2 Å². The van der Waals surface area contributed by atoms with Crippen molar-refractivity contribution in [3.63, 3.8) is 0 Å². The molecular weight excluding hydrogens is 176 g/mol. The molecule has 0 aromatic heterocycles. The van der Waals surface area contributed by atoms with Crippen molar-refractivity contribution >= 4 is 0 Å². The van der Waals surface area contributed by atoms with E-state index in [9.17, 15) is 5.11 Å². The van der Waals surface area contributed by atoms with Crippen molar-refractivity contribution in [1.29, 1.82) is 0 Å². The van der Waals surface area contributed by atoms with E-state index in [1.807, 2.05) is 0 Å². The van der Waals surface area contributed by atoms with Crippen LogP contribution >= 0.6 is 0 Å². The molecule has 1 aliphatic rings. The van der Waals surface area contributed by atoms with E-state index in [1.54, 1.807) is 0 Å². The Bertz CT molecular complexity index is 144. The van der Waals surface area contributed by atoms with Gasteiger partial charge in [-0.05, 0) is 32.4 Å². The lowest BCUT2D eigenvalue weighted by atomic mass is 9.74. The van der Waals surface area contributed by atoms with Crippen molar-refractivity contribution < 1.29 is 5.11 Å². The third-order valence-corrected chi connectivity index (χ3v) is 3.31. The SMILES string of the molecule is NCCCNCC1(CO)CCCCC1. The number of hydrogen-bond donors (Lipinski definition) is 3. The summed E-state index contributed by atoms with van der Waals surface area (Å²) >= 11 is 0. The molecule has 0 unspecified atom stereocenters. The van der Waals surface area contributed by atoms with Gasteiger partial charge >= 0.3 is 0 Å². The number of nitrogens with one attached hydrogen (secondary N) is 1. The summed E-state index contributed by atoms with van der Waals surface area (Å²) in [6.07, 6.45) is 7.28. The molecule has 0 atom stereocenters. The molecule has 0 heterocycles. The average molecular weight is 200 g/mol. The number of aliphatic hydroxyl groups excluding tert-OH is 1.